The number of carbonyl (C=O) groups excluding carboxylic acids is 1. The van der Waals surface area contributed by atoms with Crippen LogP contribution in [0.5, 0.6) is 0 Å². The van der Waals surface area contributed by atoms with Crippen LogP contribution in [-0.2, 0) is 4.79 Å². The average Bonchev–Trinajstić information content (AvgIpc) is 2.36. The Labute approximate surface area is 112 Å². The normalized spacial score (nSPS) is 11.3. The highest BCUT2D eigenvalue weighted by Gasteiger charge is 2.23. The summed E-state index contributed by atoms with van der Waals surface area (Å²) in [7, 11) is -1.44. The molecule has 1 aromatic carbocycles. The van der Waals surface area contributed by atoms with Crippen molar-refractivity contribution in [3.05, 3.63) is 42.5 Å². The summed E-state index contributed by atoms with van der Waals surface area (Å²) in [5, 5.41) is 1.47. The summed E-state index contributed by atoms with van der Waals surface area (Å²) in [6.07, 6.45) is 2.16. The zero-order chi connectivity index (χ0) is 13.6. The van der Waals surface area contributed by atoms with Gasteiger partial charge in [0.05, 0.1) is 8.07 Å². The van der Waals surface area contributed by atoms with Crippen LogP contribution in [0.25, 0.3) is 0 Å². The van der Waals surface area contributed by atoms with Crippen LogP contribution in [0.4, 0.5) is 0 Å². The van der Waals surface area contributed by atoms with E-state index in [1.54, 1.807) is 0 Å². The van der Waals surface area contributed by atoms with E-state index in [9.17, 15) is 4.79 Å². The summed E-state index contributed by atoms with van der Waals surface area (Å²) in [5.74, 6) is 0.343. The van der Waals surface area contributed by atoms with Gasteiger partial charge in [-0.3, -0.25) is 4.79 Å². The smallest absolute Gasteiger partial charge is 0.132 e. The van der Waals surface area contributed by atoms with Gasteiger partial charge < -0.3 is 0 Å². The first kappa shape index (κ1) is 14.9. The van der Waals surface area contributed by atoms with Gasteiger partial charge in [0, 0.05) is 12.8 Å². The van der Waals surface area contributed by atoms with Crippen LogP contribution in [0, 0.1) is 0 Å². The summed E-state index contributed by atoms with van der Waals surface area (Å²) in [6, 6.07) is 11.8. The van der Waals surface area contributed by atoms with Crippen LogP contribution in [0.1, 0.15) is 26.2 Å². The van der Waals surface area contributed by atoms with Gasteiger partial charge in [0.1, 0.15) is 5.78 Å². The molecule has 0 unspecified atom stereocenters. The standard InChI is InChI=1S/C16H24OSi/c1-5-15(17)12-11-14(2)13-18(3,4)16-9-7-6-8-10-16/h6-10H,2,5,11-13H2,1,3-4H3. The monoisotopic (exact) mass is 260 g/mol. The Balaban J connectivity index is 2.55. The van der Waals surface area contributed by atoms with Gasteiger partial charge >= 0.3 is 0 Å². The van der Waals surface area contributed by atoms with Crippen molar-refractivity contribution in [3.63, 3.8) is 0 Å². The molecule has 0 heterocycles. The van der Waals surface area contributed by atoms with E-state index in [2.05, 4.69) is 50.0 Å². The molecule has 0 amide bonds. The molecule has 98 valence electrons. The Morgan fingerprint density at radius 3 is 2.33 bits per heavy atom. The van der Waals surface area contributed by atoms with Gasteiger partial charge in [-0.15, -0.1) is 6.58 Å². The Bertz CT molecular complexity index is 406. The molecule has 0 aromatic heterocycles. The van der Waals surface area contributed by atoms with Gasteiger partial charge in [0.15, 0.2) is 0 Å². The lowest BCUT2D eigenvalue weighted by atomic mass is 10.1. The van der Waals surface area contributed by atoms with Crippen molar-refractivity contribution in [2.75, 3.05) is 0 Å². The highest BCUT2D eigenvalue weighted by atomic mass is 28.3. The molecule has 1 aromatic rings. The van der Waals surface area contributed by atoms with E-state index in [4.69, 9.17) is 0 Å². The first-order chi connectivity index (χ1) is 8.45. The molecule has 0 spiro atoms. The summed E-state index contributed by atoms with van der Waals surface area (Å²) in [4.78, 5) is 11.3. The van der Waals surface area contributed by atoms with Crippen molar-refractivity contribution in [3.8, 4) is 0 Å². The molecular formula is C16H24OSi. The summed E-state index contributed by atoms with van der Waals surface area (Å²) >= 11 is 0. The lowest BCUT2D eigenvalue weighted by molar-refractivity contribution is -0.118. The van der Waals surface area contributed by atoms with Gasteiger partial charge in [0.2, 0.25) is 0 Å². The molecule has 0 saturated heterocycles. The highest BCUT2D eigenvalue weighted by molar-refractivity contribution is 6.90. The molecule has 0 fully saturated rings. The summed E-state index contributed by atoms with van der Waals surface area (Å²) in [5.41, 5.74) is 1.23. The second kappa shape index (κ2) is 6.69. The molecule has 1 nitrogen and oxygen atoms in total. The number of rotatable bonds is 7. The molecule has 0 saturated carbocycles. The molecule has 0 N–H and O–H groups in total. The third-order valence-corrected chi connectivity index (χ3v) is 6.68. The van der Waals surface area contributed by atoms with E-state index in [1.807, 2.05) is 6.92 Å². The molecule has 0 bridgehead atoms. The Morgan fingerprint density at radius 2 is 1.78 bits per heavy atom. The Hall–Kier alpha value is -1.15. The molecule has 0 aliphatic rings. The average molecular weight is 260 g/mol. The van der Waals surface area contributed by atoms with Crippen molar-refractivity contribution < 1.29 is 4.79 Å². The minimum Gasteiger partial charge on any atom is -0.300 e. The number of ketones is 1. The molecule has 1 rings (SSSR count). The number of carbonyl (C=O) groups is 1. The van der Waals surface area contributed by atoms with Crippen molar-refractivity contribution >= 4 is 19.0 Å². The fourth-order valence-electron chi connectivity index (χ4n) is 2.20. The van der Waals surface area contributed by atoms with E-state index in [1.165, 1.54) is 10.8 Å². The van der Waals surface area contributed by atoms with E-state index in [0.717, 1.165) is 12.5 Å². The molecule has 0 aliphatic heterocycles. The largest absolute Gasteiger partial charge is 0.300 e. The first-order valence-electron chi connectivity index (χ1n) is 6.69. The first-order valence-corrected chi connectivity index (χ1v) is 9.90. The van der Waals surface area contributed by atoms with Gasteiger partial charge in [-0.2, -0.15) is 0 Å². The predicted octanol–water partition coefficient (Wildman–Crippen LogP) is 3.92. The number of allylic oxidation sites excluding steroid dienone is 1. The zero-order valence-corrected chi connectivity index (χ0v) is 12.8. The number of Topliss-reactive ketones (excluding diaryl/α,β-unsaturated/α-hetero) is 1. The minimum absolute atomic E-state index is 0.343. The lowest BCUT2D eigenvalue weighted by Crippen LogP contribution is -2.41. The van der Waals surface area contributed by atoms with E-state index in [-0.39, 0.29) is 0 Å². The highest BCUT2D eigenvalue weighted by Crippen LogP contribution is 2.19. The quantitative estimate of drug-likeness (QED) is 0.536. The van der Waals surface area contributed by atoms with Crippen LogP contribution in [0.3, 0.4) is 0 Å². The maximum absolute atomic E-state index is 11.3. The molecule has 0 radical (unpaired) electrons. The zero-order valence-electron chi connectivity index (χ0n) is 11.8. The predicted molar refractivity (Wildman–Crippen MR) is 82.0 cm³/mol. The Kier molecular flexibility index (Phi) is 5.54. The van der Waals surface area contributed by atoms with E-state index < -0.39 is 8.07 Å². The number of hydrogen-bond donors (Lipinski definition) is 0. The molecular weight excluding hydrogens is 236 g/mol. The van der Waals surface area contributed by atoms with Crippen LogP contribution < -0.4 is 5.19 Å². The maximum atomic E-state index is 11.3. The number of hydrogen-bond acceptors (Lipinski definition) is 1. The van der Waals surface area contributed by atoms with Gasteiger partial charge in [-0.25, -0.2) is 0 Å². The van der Waals surface area contributed by atoms with Gasteiger partial charge in [-0.1, -0.05) is 61.1 Å². The van der Waals surface area contributed by atoms with Crippen molar-refractivity contribution in [2.24, 2.45) is 0 Å². The Morgan fingerprint density at radius 1 is 1.17 bits per heavy atom. The lowest BCUT2D eigenvalue weighted by Gasteiger charge is -2.24. The van der Waals surface area contributed by atoms with Crippen LogP contribution in [-0.4, -0.2) is 13.9 Å². The van der Waals surface area contributed by atoms with Crippen LogP contribution >= 0.6 is 0 Å². The third kappa shape index (κ3) is 4.61. The van der Waals surface area contributed by atoms with Crippen LogP contribution in [0.2, 0.25) is 19.1 Å². The van der Waals surface area contributed by atoms with Crippen molar-refractivity contribution in [1.29, 1.82) is 0 Å². The van der Waals surface area contributed by atoms with Crippen molar-refractivity contribution in [2.45, 2.75) is 45.3 Å². The molecule has 18 heavy (non-hydrogen) atoms. The maximum Gasteiger partial charge on any atom is 0.132 e. The second-order valence-electron chi connectivity index (χ2n) is 5.57. The summed E-state index contributed by atoms with van der Waals surface area (Å²) < 4.78 is 0. The topological polar surface area (TPSA) is 17.1 Å². The fourth-order valence-corrected chi connectivity index (χ4v) is 4.92. The van der Waals surface area contributed by atoms with Crippen LogP contribution in [0.15, 0.2) is 42.5 Å². The fraction of sp³-hybridized carbons (Fsp3) is 0.438. The third-order valence-electron chi connectivity index (χ3n) is 3.40. The molecule has 2 heteroatoms. The van der Waals surface area contributed by atoms with Crippen molar-refractivity contribution in [1.82, 2.24) is 0 Å². The van der Waals surface area contributed by atoms with Gasteiger partial charge in [0.25, 0.3) is 0 Å². The van der Waals surface area contributed by atoms with E-state index >= 15 is 0 Å². The molecule has 0 atom stereocenters. The SMILES string of the molecule is C=C(CCC(=O)CC)C[Si](C)(C)c1ccccc1. The van der Waals surface area contributed by atoms with E-state index in [0.29, 0.717) is 18.6 Å². The summed E-state index contributed by atoms with van der Waals surface area (Å²) in [6.45, 7) is 10.8. The minimum atomic E-state index is -1.44. The van der Waals surface area contributed by atoms with Gasteiger partial charge in [-0.05, 0) is 12.5 Å². The number of benzene rings is 1. The molecule has 0 aliphatic carbocycles. The second-order valence-corrected chi connectivity index (χ2v) is 10.3.